The first kappa shape index (κ1) is 14.9. The fourth-order valence-corrected chi connectivity index (χ4v) is 2.34. The zero-order valence-electron chi connectivity index (χ0n) is 12.1. The van der Waals surface area contributed by atoms with E-state index in [0.717, 1.165) is 10.8 Å². The third-order valence-corrected chi connectivity index (χ3v) is 3.74. The van der Waals surface area contributed by atoms with Crippen molar-refractivity contribution in [3.05, 3.63) is 64.7 Å². The molecule has 0 heterocycles. The average Bonchev–Trinajstić information content (AvgIpc) is 2.48. The standard InChI is InChI=1S/C17H20ClNO/c1-12(14-4-8-16(18)9-5-14)19-13(2)15-6-10-17(20-3)11-7-15/h4-13,19H,1-3H3/t12?,13-/m1/s1. The second-order valence-electron chi connectivity index (χ2n) is 4.93. The summed E-state index contributed by atoms with van der Waals surface area (Å²) in [7, 11) is 1.68. The molecule has 2 aromatic rings. The van der Waals surface area contributed by atoms with Gasteiger partial charge in [0.05, 0.1) is 7.11 Å². The lowest BCUT2D eigenvalue weighted by Crippen LogP contribution is -2.22. The predicted octanol–water partition coefficient (Wildman–Crippen LogP) is 4.76. The zero-order valence-corrected chi connectivity index (χ0v) is 12.8. The van der Waals surface area contributed by atoms with Gasteiger partial charge in [-0.2, -0.15) is 0 Å². The maximum atomic E-state index is 5.91. The molecule has 0 fully saturated rings. The highest BCUT2D eigenvalue weighted by molar-refractivity contribution is 6.30. The molecule has 106 valence electrons. The molecule has 3 heteroatoms. The van der Waals surface area contributed by atoms with Gasteiger partial charge in [0, 0.05) is 17.1 Å². The molecular weight excluding hydrogens is 270 g/mol. The Kier molecular flexibility index (Phi) is 5.05. The summed E-state index contributed by atoms with van der Waals surface area (Å²) >= 11 is 5.91. The number of methoxy groups -OCH3 is 1. The fourth-order valence-electron chi connectivity index (χ4n) is 2.21. The molecule has 0 aromatic heterocycles. The summed E-state index contributed by atoms with van der Waals surface area (Å²) in [6, 6.07) is 16.6. The van der Waals surface area contributed by atoms with E-state index in [0.29, 0.717) is 0 Å². The fraction of sp³-hybridized carbons (Fsp3) is 0.294. The monoisotopic (exact) mass is 289 g/mol. The van der Waals surface area contributed by atoms with Gasteiger partial charge in [-0.15, -0.1) is 0 Å². The highest BCUT2D eigenvalue weighted by Crippen LogP contribution is 2.22. The van der Waals surface area contributed by atoms with Crippen LogP contribution in [0, 0.1) is 0 Å². The van der Waals surface area contributed by atoms with Crippen LogP contribution in [0.25, 0.3) is 0 Å². The molecule has 0 aliphatic rings. The van der Waals surface area contributed by atoms with Gasteiger partial charge in [0.25, 0.3) is 0 Å². The van der Waals surface area contributed by atoms with Crippen LogP contribution >= 0.6 is 11.6 Å². The van der Waals surface area contributed by atoms with E-state index < -0.39 is 0 Å². The van der Waals surface area contributed by atoms with E-state index >= 15 is 0 Å². The quantitative estimate of drug-likeness (QED) is 0.857. The summed E-state index contributed by atoms with van der Waals surface area (Å²) in [5, 5.41) is 4.35. The zero-order chi connectivity index (χ0) is 14.5. The van der Waals surface area contributed by atoms with Crippen LogP contribution in [0.3, 0.4) is 0 Å². The normalized spacial score (nSPS) is 13.8. The Morgan fingerprint density at radius 3 is 1.75 bits per heavy atom. The number of halogens is 1. The van der Waals surface area contributed by atoms with Crippen molar-refractivity contribution < 1.29 is 4.74 Å². The summed E-state index contributed by atoms with van der Waals surface area (Å²) in [5.41, 5.74) is 2.47. The van der Waals surface area contributed by atoms with Crippen LogP contribution in [-0.4, -0.2) is 7.11 Å². The van der Waals surface area contributed by atoms with E-state index in [1.54, 1.807) is 7.11 Å². The van der Waals surface area contributed by atoms with Crippen molar-refractivity contribution in [3.63, 3.8) is 0 Å². The van der Waals surface area contributed by atoms with Crippen LogP contribution in [-0.2, 0) is 0 Å². The molecule has 20 heavy (non-hydrogen) atoms. The van der Waals surface area contributed by atoms with E-state index in [1.807, 2.05) is 24.3 Å². The van der Waals surface area contributed by atoms with Crippen LogP contribution in [0.15, 0.2) is 48.5 Å². The molecule has 1 N–H and O–H groups in total. The smallest absolute Gasteiger partial charge is 0.118 e. The maximum absolute atomic E-state index is 5.91. The molecule has 0 radical (unpaired) electrons. The highest BCUT2D eigenvalue weighted by Gasteiger charge is 2.11. The van der Waals surface area contributed by atoms with Gasteiger partial charge in [-0.3, -0.25) is 0 Å². The lowest BCUT2D eigenvalue weighted by molar-refractivity contribution is 0.414. The van der Waals surface area contributed by atoms with Gasteiger partial charge in [0.1, 0.15) is 5.75 Å². The molecule has 2 rings (SSSR count). The molecule has 0 spiro atoms. The summed E-state index contributed by atoms with van der Waals surface area (Å²) in [6.45, 7) is 4.32. The van der Waals surface area contributed by atoms with E-state index in [1.165, 1.54) is 11.1 Å². The van der Waals surface area contributed by atoms with Crippen molar-refractivity contribution in [3.8, 4) is 5.75 Å². The summed E-state index contributed by atoms with van der Waals surface area (Å²) in [6.07, 6.45) is 0. The largest absolute Gasteiger partial charge is 0.497 e. The van der Waals surface area contributed by atoms with Gasteiger partial charge >= 0.3 is 0 Å². The number of hydrogen-bond acceptors (Lipinski definition) is 2. The first-order valence-electron chi connectivity index (χ1n) is 6.75. The van der Waals surface area contributed by atoms with Gasteiger partial charge in [0.2, 0.25) is 0 Å². The number of hydrogen-bond donors (Lipinski definition) is 1. The second-order valence-corrected chi connectivity index (χ2v) is 5.37. The van der Waals surface area contributed by atoms with Crippen LogP contribution in [0.5, 0.6) is 5.75 Å². The molecule has 0 saturated heterocycles. The molecule has 0 saturated carbocycles. The van der Waals surface area contributed by atoms with Gasteiger partial charge in [0.15, 0.2) is 0 Å². The minimum absolute atomic E-state index is 0.268. The number of nitrogens with one attached hydrogen (secondary N) is 1. The van der Waals surface area contributed by atoms with Crippen molar-refractivity contribution in [1.29, 1.82) is 0 Å². The third-order valence-electron chi connectivity index (χ3n) is 3.49. The van der Waals surface area contributed by atoms with Crippen LogP contribution < -0.4 is 10.1 Å². The lowest BCUT2D eigenvalue weighted by Gasteiger charge is -2.21. The van der Waals surface area contributed by atoms with Gasteiger partial charge in [-0.05, 0) is 49.2 Å². The predicted molar refractivity (Wildman–Crippen MR) is 84.4 cm³/mol. The Morgan fingerprint density at radius 2 is 1.30 bits per heavy atom. The Balaban J connectivity index is 2.02. The van der Waals surface area contributed by atoms with Crippen molar-refractivity contribution in [2.75, 3.05) is 7.11 Å². The average molecular weight is 290 g/mol. The molecule has 1 unspecified atom stereocenters. The van der Waals surface area contributed by atoms with Crippen molar-refractivity contribution in [2.45, 2.75) is 25.9 Å². The molecule has 2 aromatic carbocycles. The van der Waals surface area contributed by atoms with Crippen molar-refractivity contribution in [1.82, 2.24) is 5.32 Å². The Hall–Kier alpha value is -1.51. The Bertz CT molecular complexity index is 536. The first-order chi connectivity index (χ1) is 9.60. The van der Waals surface area contributed by atoms with Crippen LogP contribution in [0.2, 0.25) is 5.02 Å². The van der Waals surface area contributed by atoms with Crippen LogP contribution in [0.4, 0.5) is 0 Å². The van der Waals surface area contributed by atoms with Crippen molar-refractivity contribution in [2.24, 2.45) is 0 Å². The highest BCUT2D eigenvalue weighted by atomic mass is 35.5. The summed E-state index contributed by atoms with van der Waals surface area (Å²) in [4.78, 5) is 0. The number of ether oxygens (including phenoxy) is 1. The topological polar surface area (TPSA) is 21.3 Å². The van der Waals surface area contributed by atoms with E-state index in [2.05, 4.69) is 43.4 Å². The molecule has 2 nitrogen and oxygen atoms in total. The molecular formula is C17H20ClNO. The molecule has 0 amide bonds. The Labute approximate surface area is 125 Å². The number of rotatable bonds is 5. The Morgan fingerprint density at radius 1 is 0.850 bits per heavy atom. The van der Waals surface area contributed by atoms with Gasteiger partial charge in [-0.1, -0.05) is 35.9 Å². The summed E-state index contributed by atoms with van der Waals surface area (Å²) < 4.78 is 5.18. The molecule has 0 bridgehead atoms. The molecule has 0 aliphatic carbocycles. The van der Waals surface area contributed by atoms with Gasteiger partial charge < -0.3 is 10.1 Å². The number of benzene rings is 2. The lowest BCUT2D eigenvalue weighted by atomic mass is 10.0. The van der Waals surface area contributed by atoms with Gasteiger partial charge in [-0.25, -0.2) is 0 Å². The summed E-state index contributed by atoms with van der Waals surface area (Å²) in [5.74, 6) is 0.881. The SMILES string of the molecule is COc1ccc([C@@H](C)NC(C)c2ccc(Cl)cc2)cc1. The molecule has 2 atom stereocenters. The van der Waals surface area contributed by atoms with Crippen molar-refractivity contribution >= 4 is 11.6 Å². The second kappa shape index (κ2) is 6.78. The first-order valence-corrected chi connectivity index (χ1v) is 7.13. The van der Waals surface area contributed by atoms with Crippen LogP contribution in [0.1, 0.15) is 37.1 Å². The van der Waals surface area contributed by atoms with E-state index in [9.17, 15) is 0 Å². The third kappa shape index (κ3) is 3.75. The minimum Gasteiger partial charge on any atom is -0.497 e. The minimum atomic E-state index is 0.268. The maximum Gasteiger partial charge on any atom is 0.118 e. The van der Waals surface area contributed by atoms with E-state index in [-0.39, 0.29) is 12.1 Å². The molecule has 0 aliphatic heterocycles. The van der Waals surface area contributed by atoms with E-state index in [4.69, 9.17) is 16.3 Å².